The molecule has 0 radical (unpaired) electrons. The number of aryl methyl sites for hydroxylation is 1. The summed E-state index contributed by atoms with van der Waals surface area (Å²) < 4.78 is 53.7. The number of quaternary nitrogens is 1. The molecule has 4 aromatic rings. The fourth-order valence-electron chi connectivity index (χ4n) is 10.9. The van der Waals surface area contributed by atoms with E-state index >= 15 is 13.2 Å². The van der Waals surface area contributed by atoms with E-state index in [-0.39, 0.29) is 66.6 Å². The second-order valence-corrected chi connectivity index (χ2v) is 22.6. The predicted molar refractivity (Wildman–Crippen MR) is 279 cm³/mol. The maximum Gasteiger partial charge on any atom is 0.416 e. The molecule has 6 heterocycles. The monoisotopic (exact) mass is 1070 g/mol. The molecule has 0 aliphatic carbocycles. The number of nitrogens with one attached hydrogen (secondary N) is 3. The second kappa shape index (κ2) is 23.4. The van der Waals surface area contributed by atoms with Crippen LogP contribution in [0.5, 0.6) is 0 Å². The molecule has 0 saturated carbocycles. The van der Waals surface area contributed by atoms with Crippen molar-refractivity contribution in [2.45, 2.75) is 128 Å². The molecular weight excluding hydrogens is 1000 g/mol. The normalized spacial score (nSPS) is 19.9. The van der Waals surface area contributed by atoms with Gasteiger partial charge >= 0.3 is 6.18 Å². The van der Waals surface area contributed by atoms with Crippen LogP contribution in [0, 0.1) is 11.8 Å². The van der Waals surface area contributed by atoms with Crippen LogP contribution in [0.4, 0.5) is 24.7 Å². The number of ether oxygens (including phenoxy) is 1. The zero-order valence-electron chi connectivity index (χ0n) is 44.0. The molecule has 4 aliphatic rings. The highest BCUT2D eigenvalue weighted by Crippen LogP contribution is 2.43. The van der Waals surface area contributed by atoms with Gasteiger partial charge in [0, 0.05) is 72.3 Å². The summed E-state index contributed by atoms with van der Waals surface area (Å²) in [6.07, 6.45) is 3.54. The Morgan fingerprint density at radius 1 is 0.934 bits per heavy atom. The zero-order valence-corrected chi connectivity index (χ0v) is 44.8. The Morgan fingerprint density at radius 3 is 2.29 bits per heavy atom. The Labute approximate surface area is 445 Å². The Bertz CT molecular complexity index is 2850. The molecule has 1 unspecified atom stereocenters. The molecule has 406 valence electrons. The van der Waals surface area contributed by atoms with Gasteiger partial charge in [-0.2, -0.15) is 13.2 Å². The van der Waals surface area contributed by atoms with E-state index in [1.807, 2.05) is 42.8 Å². The van der Waals surface area contributed by atoms with E-state index in [1.165, 1.54) is 34.9 Å². The number of imide groups is 1. The lowest BCUT2D eigenvalue weighted by atomic mass is 9.76. The number of amides is 6. The minimum absolute atomic E-state index is 0.0235. The molecule has 4 aliphatic heterocycles. The average Bonchev–Trinajstić information content (AvgIpc) is 4.02. The molecule has 0 spiro atoms. The van der Waals surface area contributed by atoms with Gasteiger partial charge in [-0.1, -0.05) is 46.2 Å². The topological polar surface area (TPSA) is 198 Å². The quantitative estimate of drug-likeness (QED) is 0.0316. The molecule has 0 bridgehead atoms. The highest BCUT2D eigenvalue weighted by Gasteiger charge is 2.45. The van der Waals surface area contributed by atoms with Crippen LogP contribution >= 0.6 is 11.8 Å². The fourth-order valence-corrected chi connectivity index (χ4v) is 11.5. The first-order chi connectivity index (χ1) is 36.2. The number of hydrogen-bond donors (Lipinski definition) is 3. The standard InChI is InChI=1S/C55H67F3N10O7S/c1-7-76-47-25-39(54(31-75-32-54)26-45-64-59-33-65(45)6)24-44(62-47)67-27-42-41(53(67)74)22-38(23-43(42)55(56,57)58)30-68(21-11-12-35(4)28-68)29-37-14-16-40(17-15-37)61-51(72)36(5)60-52(73)50(34(2)3)63-46(69)13-9-8-10-20-66-48(70)18-19-49(66)71/h14-19,22-25,33-36,50H,7-13,20-21,26-32H2,1-6H3,(H2-,60,61,63,69,72,73)/p+1/t35-,36-,50-,68?/m0/s1. The number of piperidine rings is 1. The predicted octanol–water partition coefficient (Wildman–Crippen LogP) is 7.03. The molecule has 2 aromatic heterocycles. The maximum atomic E-state index is 15.2. The van der Waals surface area contributed by atoms with Gasteiger partial charge in [-0.25, -0.2) is 4.98 Å². The molecule has 6 amide bonds. The summed E-state index contributed by atoms with van der Waals surface area (Å²) in [7, 11) is 1.87. The van der Waals surface area contributed by atoms with Crippen LogP contribution in [0.1, 0.15) is 117 Å². The van der Waals surface area contributed by atoms with E-state index in [4.69, 9.17) is 9.72 Å². The molecule has 2 aromatic carbocycles. The number of pyridine rings is 1. The number of likely N-dealkylation sites (tertiary alicyclic amines) is 1. The van der Waals surface area contributed by atoms with Crippen molar-refractivity contribution < 1.29 is 51.2 Å². The van der Waals surface area contributed by atoms with Crippen LogP contribution < -0.4 is 20.9 Å². The van der Waals surface area contributed by atoms with Crippen molar-refractivity contribution in [1.82, 2.24) is 35.3 Å². The van der Waals surface area contributed by atoms with E-state index in [1.54, 1.807) is 45.3 Å². The second-order valence-electron chi connectivity index (χ2n) is 21.3. The number of aromatic nitrogens is 4. The molecule has 76 heavy (non-hydrogen) atoms. The van der Waals surface area contributed by atoms with Gasteiger partial charge in [-0.05, 0) is 91.8 Å². The van der Waals surface area contributed by atoms with Gasteiger partial charge in [0.15, 0.2) is 0 Å². The van der Waals surface area contributed by atoms with Gasteiger partial charge in [0.1, 0.15) is 43.1 Å². The molecule has 2 saturated heterocycles. The number of thioether (sulfide) groups is 1. The first kappa shape index (κ1) is 55.8. The number of halogens is 3. The maximum absolute atomic E-state index is 15.2. The number of anilines is 2. The summed E-state index contributed by atoms with van der Waals surface area (Å²) in [5.74, 6) is -0.786. The lowest BCUT2D eigenvalue weighted by molar-refractivity contribution is -0.960. The number of nitrogens with zero attached hydrogens (tertiary/aromatic N) is 7. The van der Waals surface area contributed by atoms with Crippen molar-refractivity contribution in [3.05, 3.63) is 106 Å². The molecule has 8 rings (SSSR count). The zero-order chi connectivity index (χ0) is 54.5. The van der Waals surface area contributed by atoms with Gasteiger partial charge in [-0.3, -0.25) is 38.6 Å². The molecular formula is C55H68F3N10O7S+. The van der Waals surface area contributed by atoms with Crippen molar-refractivity contribution in [3.8, 4) is 0 Å². The van der Waals surface area contributed by atoms with E-state index in [0.29, 0.717) is 91.0 Å². The van der Waals surface area contributed by atoms with E-state index in [9.17, 15) is 28.8 Å². The summed E-state index contributed by atoms with van der Waals surface area (Å²) in [5, 5.41) is 17.3. The summed E-state index contributed by atoms with van der Waals surface area (Å²) in [6, 6.07) is 12.1. The Kier molecular flexibility index (Phi) is 17.2. The highest BCUT2D eigenvalue weighted by atomic mass is 32.2. The average molecular weight is 1070 g/mol. The van der Waals surface area contributed by atoms with E-state index in [0.717, 1.165) is 34.7 Å². The van der Waals surface area contributed by atoms with Gasteiger partial charge in [0.2, 0.25) is 17.7 Å². The first-order valence-electron chi connectivity index (χ1n) is 26.2. The van der Waals surface area contributed by atoms with E-state index < -0.39 is 47.0 Å². The van der Waals surface area contributed by atoms with Crippen LogP contribution in [-0.4, -0.2) is 115 Å². The van der Waals surface area contributed by atoms with Crippen LogP contribution in [0.2, 0.25) is 0 Å². The van der Waals surface area contributed by atoms with Crippen molar-refractivity contribution in [2.24, 2.45) is 18.9 Å². The summed E-state index contributed by atoms with van der Waals surface area (Å²) in [5.41, 5.74) is 1.34. The lowest BCUT2D eigenvalue weighted by Gasteiger charge is -2.44. The Morgan fingerprint density at radius 2 is 1.66 bits per heavy atom. The Balaban J connectivity index is 0.921. The van der Waals surface area contributed by atoms with Crippen molar-refractivity contribution >= 4 is 58.7 Å². The molecule has 2 fully saturated rings. The van der Waals surface area contributed by atoms with Crippen molar-refractivity contribution in [3.63, 3.8) is 0 Å². The number of alkyl halides is 3. The van der Waals surface area contributed by atoms with Crippen LogP contribution in [0.25, 0.3) is 0 Å². The summed E-state index contributed by atoms with van der Waals surface area (Å²) in [4.78, 5) is 85.0. The minimum Gasteiger partial charge on any atom is -0.379 e. The van der Waals surface area contributed by atoms with E-state index in [2.05, 4.69) is 33.1 Å². The number of rotatable bonds is 22. The molecule has 21 heteroatoms. The van der Waals surface area contributed by atoms with Gasteiger partial charge in [0.05, 0.1) is 43.4 Å². The number of unbranched alkanes of at least 4 members (excludes halogenated alkanes) is 2. The third-order valence-corrected chi connectivity index (χ3v) is 15.7. The molecule has 3 N–H and O–H groups in total. The first-order valence-corrected chi connectivity index (χ1v) is 27.1. The number of carbonyl (C=O) groups is 6. The van der Waals surface area contributed by atoms with Crippen molar-refractivity contribution in [1.29, 1.82) is 0 Å². The number of hydrogen-bond acceptors (Lipinski definition) is 11. The van der Waals surface area contributed by atoms with Gasteiger partial charge in [-0.15, -0.1) is 22.0 Å². The summed E-state index contributed by atoms with van der Waals surface area (Å²) >= 11 is 1.49. The Hall–Kier alpha value is -6.45. The number of carbonyl (C=O) groups excluding carboxylic acids is 6. The number of benzene rings is 2. The third kappa shape index (κ3) is 12.9. The lowest BCUT2D eigenvalue weighted by Crippen LogP contribution is -2.53. The van der Waals surface area contributed by atoms with Crippen LogP contribution in [0.3, 0.4) is 0 Å². The SMILES string of the molecule is CCSc1cc(C2(Cc3nncn3C)COC2)cc(N2Cc3c(cc(C[N+]4(Cc5ccc(NC(=O)[C@H](C)NC(=O)[C@@H](NC(=O)CCCCCN6C(=O)C=CC6=O)C(C)C)cc5)CCC[C@H](C)C4)cc3C(F)(F)F)C2=O)n1. The largest absolute Gasteiger partial charge is 0.416 e. The minimum atomic E-state index is -4.73. The highest BCUT2D eigenvalue weighted by molar-refractivity contribution is 7.99. The van der Waals surface area contributed by atoms with Gasteiger partial charge in [0.25, 0.3) is 17.7 Å². The van der Waals surface area contributed by atoms with Crippen LogP contribution in [-0.2, 0) is 73.4 Å². The molecule has 4 atom stereocenters. The fraction of sp³-hybridized carbons (Fsp3) is 0.509. The molecule has 17 nitrogen and oxygen atoms in total. The third-order valence-electron chi connectivity index (χ3n) is 14.9. The number of fused-ring (bicyclic) bond motifs is 1. The van der Waals surface area contributed by atoms with Gasteiger partial charge < -0.3 is 29.7 Å². The summed E-state index contributed by atoms with van der Waals surface area (Å²) in [6.45, 7) is 12.3. The van der Waals surface area contributed by atoms with Crippen molar-refractivity contribution in [2.75, 3.05) is 48.8 Å². The van der Waals surface area contributed by atoms with Crippen LogP contribution in [0.15, 0.2) is 72.0 Å². The smallest absolute Gasteiger partial charge is 0.379 e.